The molecule has 0 aromatic heterocycles. The number of nitrogens with two attached hydrogens (primary N) is 1. The Kier molecular flexibility index (Phi) is 2.27. The average molecular weight is 166 g/mol. The molecule has 0 fully saturated rings. The fourth-order valence-corrected chi connectivity index (χ4v) is 1.83. The Labute approximate surface area is 74.6 Å². The fraction of sp³-hybridized carbons (Fsp3) is 0.700. The maximum atomic E-state index is 5.65. The van der Waals surface area contributed by atoms with Crippen molar-refractivity contribution < 1.29 is 0 Å². The van der Waals surface area contributed by atoms with Crippen molar-refractivity contribution in [2.75, 3.05) is 0 Å². The van der Waals surface area contributed by atoms with E-state index in [-0.39, 0.29) is 5.54 Å². The zero-order valence-corrected chi connectivity index (χ0v) is 8.33. The third-order valence-corrected chi connectivity index (χ3v) is 2.69. The van der Waals surface area contributed by atoms with E-state index in [1.165, 1.54) is 0 Å². The molecule has 0 spiro atoms. The number of amidine groups is 1. The summed E-state index contributed by atoms with van der Waals surface area (Å²) < 4.78 is 0. The van der Waals surface area contributed by atoms with Crippen molar-refractivity contribution in [1.82, 2.24) is 0 Å². The van der Waals surface area contributed by atoms with Crippen LogP contribution < -0.4 is 5.73 Å². The summed E-state index contributed by atoms with van der Waals surface area (Å²) in [6.07, 6.45) is 4.05. The van der Waals surface area contributed by atoms with E-state index in [1.807, 2.05) is 6.08 Å². The Morgan fingerprint density at radius 1 is 1.25 bits per heavy atom. The molecule has 0 aromatic carbocycles. The number of hydrogen-bond donors (Lipinski definition) is 1. The van der Waals surface area contributed by atoms with E-state index in [1.54, 1.807) is 0 Å². The lowest BCUT2D eigenvalue weighted by Crippen LogP contribution is -2.35. The summed E-state index contributed by atoms with van der Waals surface area (Å²) in [7, 11) is 0. The highest BCUT2D eigenvalue weighted by molar-refractivity contribution is 5.94. The minimum Gasteiger partial charge on any atom is -0.384 e. The smallest absolute Gasteiger partial charge is 0.118 e. The van der Waals surface area contributed by atoms with Gasteiger partial charge < -0.3 is 5.73 Å². The maximum absolute atomic E-state index is 5.65. The lowest BCUT2D eigenvalue weighted by Gasteiger charge is -2.32. The van der Waals surface area contributed by atoms with Crippen LogP contribution >= 0.6 is 0 Å². The molecule has 1 aliphatic rings. The topological polar surface area (TPSA) is 38.4 Å². The molecule has 0 amide bonds. The van der Waals surface area contributed by atoms with Crippen LogP contribution in [0, 0.1) is 11.8 Å². The minimum absolute atomic E-state index is 0.0515. The monoisotopic (exact) mass is 166 g/mol. The average Bonchev–Trinajstić information content (AvgIpc) is 2.32. The zero-order chi connectivity index (χ0) is 9.35. The molecule has 1 heterocycles. The van der Waals surface area contributed by atoms with Crippen molar-refractivity contribution in [2.24, 2.45) is 22.6 Å². The van der Waals surface area contributed by atoms with Crippen LogP contribution in [0.4, 0.5) is 0 Å². The first-order chi connectivity index (χ1) is 5.49. The number of hydrogen-bond acceptors (Lipinski definition) is 2. The molecule has 1 rings (SSSR count). The van der Waals surface area contributed by atoms with Crippen molar-refractivity contribution in [2.45, 2.75) is 33.2 Å². The molecule has 0 unspecified atom stereocenters. The normalized spacial score (nSPS) is 20.7. The van der Waals surface area contributed by atoms with Crippen LogP contribution in [0.2, 0.25) is 0 Å². The third-order valence-electron chi connectivity index (χ3n) is 2.69. The molecule has 0 radical (unpaired) electrons. The molecule has 2 heteroatoms. The van der Waals surface area contributed by atoms with Crippen molar-refractivity contribution in [3.63, 3.8) is 0 Å². The predicted molar refractivity (Wildman–Crippen MR) is 53.2 cm³/mol. The Balaban J connectivity index is 2.99. The summed E-state index contributed by atoms with van der Waals surface area (Å²) in [6, 6.07) is 0. The predicted octanol–water partition coefficient (Wildman–Crippen LogP) is 1.96. The molecule has 0 aliphatic carbocycles. The number of rotatable bonds is 2. The van der Waals surface area contributed by atoms with Gasteiger partial charge in [-0.25, -0.2) is 0 Å². The molecule has 0 aromatic rings. The second-order valence-corrected chi connectivity index (χ2v) is 4.07. The molecule has 2 N–H and O–H groups in total. The van der Waals surface area contributed by atoms with Crippen molar-refractivity contribution in [1.29, 1.82) is 0 Å². The molecule has 0 atom stereocenters. The van der Waals surface area contributed by atoms with Crippen LogP contribution in [-0.2, 0) is 0 Å². The summed E-state index contributed by atoms with van der Waals surface area (Å²) in [5.74, 6) is 1.68. The minimum atomic E-state index is -0.0515. The first kappa shape index (κ1) is 9.30. The molecular formula is C10H18N2. The van der Waals surface area contributed by atoms with Gasteiger partial charge in [-0.1, -0.05) is 33.8 Å². The van der Waals surface area contributed by atoms with Crippen LogP contribution in [0.5, 0.6) is 0 Å². The molecule has 0 saturated carbocycles. The molecule has 12 heavy (non-hydrogen) atoms. The molecule has 0 saturated heterocycles. The first-order valence-corrected chi connectivity index (χ1v) is 4.53. The van der Waals surface area contributed by atoms with Gasteiger partial charge in [0.1, 0.15) is 5.84 Å². The van der Waals surface area contributed by atoms with Gasteiger partial charge in [0.05, 0.1) is 5.54 Å². The second-order valence-electron chi connectivity index (χ2n) is 4.07. The second kappa shape index (κ2) is 2.92. The third kappa shape index (κ3) is 1.26. The SMILES string of the molecule is CC(C)C1(C(C)C)C=CC(N)=N1. The van der Waals surface area contributed by atoms with Crippen LogP contribution in [0.25, 0.3) is 0 Å². The van der Waals surface area contributed by atoms with E-state index in [0.717, 1.165) is 0 Å². The number of aliphatic imine (C=N–C) groups is 1. The Hall–Kier alpha value is -0.790. The molecule has 68 valence electrons. The van der Waals surface area contributed by atoms with Crippen molar-refractivity contribution >= 4 is 5.84 Å². The summed E-state index contributed by atoms with van der Waals surface area (Å²) >= 11 is 0. The molecule has 0 bridgehead atoms. The van der Waals surface area contributed by atoms with Crippen LogP contribution in [0.3, 0.4) is 0 Å². The van der Waals surface area contributed by atoms with Crippen LogP contribution in [0.1, 0.15) is 27.7 Å². The van der Waals surface area contributed by atoms with Crippen molar-refractivity contribution in [3.8, 4) is 0 Å². The van der Waals surface area contributed by atoms with Gasteiger partial charge in [-0.15, -0.1) is 0 Å². The van der Waals surface area contributed by atoms with E-state index >= 15 is 0 Å². The highest BCUT2D eigenvalue weighted by atomic mass is 15.0. The fourth-order valence-electron chi connectivity index (χ4n) is 1.83. The highest BCUT2D eigenvalue weighted by Gasteiger charge is 2.36. The summed E-state index contributed by atoms with van der Waals surface area (Å²) in [5, 5.41) is 0. The van der Waals surface area contributed by atoms with E-state index in [9.17, 15) is 0 Å². The standard InChI is InChI=1S/C10H18N2/c1-7(2)10(8(3)4)6-5-9(11)12-10/h5-8H,1-4H3,(H2,11,12). The Morgan fingerprint density at radius 2 is 1.75 bits per heavy atom. The Bertz CT molecular complexity index is 216. The molecular weight excluding hydrogens is 148 g/mol. The summed E-state index contributed by atoms with van der Waals surface area (Å²) in [4.78, 5) is 4.50. The van der Waals surface area contributed by atoms with E-state index < -0.39 is 0 Å². The molecule has 2 nitrogen and oxygen atoms in total. The highest BCUT2D eigenvalue weighted by Crippen LogP contribution is 2.34. The zero-order valence-electron chi connectivity index (χ0n) is 8.33. The van der Waals surface area contributed by atoms with Gasteiger partial charge >= 0.3 is 0 Å². The lowest BCUT2D eigenvalue weighted by molar-refractivity contribution is 0.296. The Morgan fingerprint density at radius 3 is 1.92 bits per heavy atom. The van der Waals surface area contributed by atoms with E-state index in [0.29, 0.717) is 17.7 Å². The van der Waals surface area contributed by atoms with Gasteiger partial charge in [0.15, 0.2) is 0 Å². The van der Waals surface area contributed by atoms with Gasteiger partial charge in [0.2, 0.25) is 0 Å². The van der Waals surface area contributed by atoms with E-state index in [4.69, 9.17) is 5.73 Å². The first-order valence-electron chi connectivity index (χ1n) is 4.53. The van der Waals surface area contributed by atoms with Gasteiger partial charge in [0.25, 0.3) is 0 Å². The summed E-state index contributed by atoms with van der Waals surface area (Å²) in [5.41, 5.74) is 5.60. The summed E-state index contributed by atoms with van der Waals surface area (Å²) in [6.45, 7) is 8.75. The maximum Gasteiger partial charge on any atom is 0.118 e. The quantitative estimate of drug-likeness (QED) is 0.669. The van der Waals surface area contributed by atoms with Gasteiger partial charge in [-0.05, 0) is 17.9 Å². The van der Waals surface area contributed by atoms with Gasteiger partial charge in [-0.2, -0.15) is 0 Å². The van der Waals surface area contributed by atoms with Gasteiger partial charge in [0, 0.05) is 0 Å². The van der Waals surface area contributed by atoms with Gasteiger partial charge in [-0.3, -0.25) is 4.99 Å². The largest absolute Gasteiger partial charge is 0.384 e. The molecule has 1 aliphatic heterocycles. The van der Waals surface area contributed by atoms with Crippen LogP contribution in [0.15, 0.2) is 17.1 Å². The number of nitrogens with zero attached hydrogens (tertiary/aromatic N) is 1. The van der Waals surface area contributed by atoms with E-state index in [2.05, 4.69) is 38.8 Å². The van der Waals surface area contributed by atoms with Crippen molar-refractivity contribution in [3.05, 3.63) is 12.2 Å². The van der Waals surface area contributed by atoms with Crippen LogP contribution in [-0.4, -0.2) is 11.4 Å². The lowest BCUT2D eigenvalue weighted by atomic mass is 9.78.